The zero-order valence-corrected chi connectivity index (χ0v) is 13.2. The summed E-state index contributed by atoms with van der Waals surface area (Å²) in [5.41, 5.74) is 0. The number of ether oxygens (including phenoxy) is 1. The minimum Gasteiger partial charge on any atom is -0.453 e. The van der Waals surface area contributed by atoms with Crippen LogP contribution in [0, 0.1) is 11.8 Å². The van der Waals surface area contributed by atoms with Crippen LogP contribution in [0.5, 0.6) is 0 Å². The molecule has 2 atom stereocenters. The molecule has 1 saturated carbocycles. The van der Waals surface area contributed by atoms with Crippen molar-refractivity contribution < 1.29 is 14.6 Å². The number of carbonyl (C=O) groups is 1. The van der Waals surface area contributed by atoms with E-state index in [0.717, 1.165) is 31.8 Å². The third-order valence-corrected chi connectivity index (χ3v) is 4.93. The Balaban J connectivity index is 1.82. The topological polar surface area (TPSA) is 61.8 Å². The molecule has 0 aromatic rings. The molecule has 5 heteroatoms. The number of carbonyl (C=O) groups excluding carboxylic acids is 1. The third kappa shape index (κ3) is 5.15. The lowest BCUT2D eigenvalue weighted by molar-refractivity contribution is 0.0831. The lowest BCUT2D eigenvalue weighted by Gasteiger charge is -2.38. The number of nitrogens with one attached hydrogen (secondary N) is 1. The summed E-state index contributed by atoms with van der Waals surface area (Å²) in [4.78, 5) is 13.6. The van der Waals surface area contributed by atoms with Crippen molar-refractivity contribution in [3.63, 3.8) is 0 Å². The van der Waals surface area contributed by atoms with Crippen LogP contribution < -0.4 is 5.32 Å². The molecule has 0 spiro atoms. The van der Waals surface area contributed by atoms with Gasteiger partial charge in [0.15, 0.2) is 0 Å². The van der Waals surface area contributed by atoms with E-state index in [1.54, 1.807) is 4.90 Å². The van der Waals surface area contributed by atoms with Gasteiger partial charge in [-0.25, -0.2) is 4.79 Å². The van der Waals surface area contributed by atoms with Crippen LogP contribution in [0.15, 0.2) is 0 Å². The summed E-state index contributed by atoms with van der Waals surface area (Å²) in [6.45, 7) is 2.68. The Kier molecular flexibility index (Phi) is 6.77. The van der Waals surface area contributed by atoms with E-state index in [2.05, 4.69) is 5.32 Å². The summed E-state index contributed by atoms with van der Waals surface area (Å²) in [5, 5.41) is 12.8. The Labute approximate surface area is 128 Å². The minimum absolute atomic E-state index is 0.190. The van der Waals surface area contributed by atoms with Crippen molar-refractivity contribution in [2.24, 2.45) is 11.8 Å². The molecule has 1 amide bonds. The van der Waals surface area contributed by atoms with Gasteiger partial charge >= 0.3 is 6.09 Å². The largest absolute Gasteiger partial charge is 0.453 e. The Morgan fingerprint density at radius 1 is 1.24 bits per heavy atom. The van der Waals surface area contributed by atoms with E-state index in [0.29, 0.717) is 18.5 Å². The van der Waals surface area contributed by atoms with Crippen molar-refractivity contribution in [3.05, 3.63) is 0 Å². The van der Waals surface area contributed by atoms with Crippen LogP contribution in [0.25, 0.3) is 0 Å². The Morgan fingerprint density at radius 2 is 2.00 bits per heavy atom. The molecule has 0 aromatic heterocycles. The van der Waals surface area contributed by atoms with Crippen LogP contribution in [0.3, 0.4) is 0 Å². The number of hydrogen-bond acceptors (Lipinski definition) is 4. The van der Waals surface area contributed by atoms with Gasteiger partial charge in [0.2, 0.25) is 0 Å². The highest BCUT2D eigenvalue weighted by Crippen LogP contribution is 2.24. The molecule has 2 unspecified atom stereocenters. The van der Waals surface area contributed by atoms with Crippen LogP contribution in [-0.2, 0) is 4.74 Å². The summed E-state index contributed by atoms with van der Waals surface area (Å²) in [6.07, 6.45) is 8.32. The summed E-state index contributed by atoms with van der Waals surface area (Å²) < 4.78 is 4.86. The molecule has 2 rings (SSSR count). The molecule has 2 fully saturated rings. The van der Waals surface area contributed by atoms with Crippen molar-refractivity contribution in [1.29, 1.82) is 0 Å². The van der Waals surface area contributed by atoms with Gasteiger partial charge in [0.25, 0.3) is 0 Å². The van der Waals surface area contributed by atoms with Gasteiger partial charge in [-0.3, -0.25) is 0 Å². The molecule has 1 aliphatic heterocycles. The first-order valence-electron chi connectivity index (χ1n) is 8.40. The molecular formula is C16H30N2O3. The monoisotopic (exact) mass is 298 g/mol. The predicted molar refractivity (Wildman–Crippen MR) is 82.2 cm³/mol. The van der Waals surface area contributed by atoms with E-state index >= 15 is 0 Å². The highest BCUT2D eigenvalue weighted by molar-refractivity contribution is 5.67. The molecule has 122 valence electrons. The SMILES string of the molecule is COC(=O)N1CC(CCO)CC(NCC2CCCCC2)C1. The van der Waals surface area contributed by atoms with E-state index < -0.39 is 0 Å². The molecule has 21 heavy (non-hydrogen) atoms. The van der Waals surface area contributed by atoms with Crippen molar-refractivity contribution in [2.45, 2.75) is 51.0 Å². The maximum Gasteiger partial charge on any atom is 0.409 e. The Morgan fingerprint density at radius 3 is 2.67 bits per heavy atom. The number of piperidine rings is 1. The van der Waals surface area contributed by atoms with Crippen LogP contribution in [0.1, 0.15) is 44.9 Å². The second-order valence-electron chi connectivity index (χ2n) is 6.60. The first kappa shape index (κ1) is 16.6. The maximum atomic E-state index is 11.8. The maximum absolute atomic E-state index is 11.8. The summed E-state index contributed by atoms with van der Waals surface area (Å²) >= 11 is 0. The first-order valence-corrected chi connectivity index (χ1v) is 8.40. The second kappa shape index (κ2) is 8.59. The highest BCUT2D eigenvalue weighted by Gasteiger charge is 2.30. The third-order valence-electron chi connectivity index (χ3n) is 4.93. The van der Waals surface area contributed by atoms with Crippen LogP contribution in [0.4, 0.5) is 4.79 Å². The fourth-order valence-corrected chi connectivity index (χ4v) is 3.75. The van der Waals surface area contributed by atoms with E-state index in [1.165, 1.54) is 39.2 Å². The number of aliphatic hydroxyl groups is 1. The quantitative estimate of drug-likeness (QED) is 0.815. The molecule has 1 heterocycles. The van der Waals surface area contributed by atoms with Gasteiger partial charge in [-0.2, -0.15) is 0 Å². The highest BCUT2D eigenvalue weighted by atomic mass is 16.5. The van der Waals surface area contributed by atoms with Crippen molar-refractivity contribution >= 4 is 6.09 Å². The first-order chi connectivity index (χ1) is 10.2. The average molecular weight is 298 g/mol. The van der Waals surface area contributed by atoms with E-state index in [1.807, 2.05) is 0 Å². The molecule has 1 saturated heterocycles. The molecule has 2 N–H and O–H groups in total. The van der Waals surface area contributed by atoms with Crippen LogP contribution in [0.2, 0.25) is 0 Å². The van der Waals surface area contributed by atoms with Gasteiger partial charge in [0.05, 0.1) is 7.11 Å². The average Bonchev–Trinajstić information content (AvgIpc) is 2.53. The molecule has 0 bridgehead atoms. The lowest BCUT2D eigenvalue weighted by Crippen LogP contribution is -2.52. The molecule has 0 aromatic carbocycles. The zero-order chi connectivity index (χ0) is 15.1. The van der Waals surface area contributed by atoms with Gasteiger partial charge in [0.1, 0.15) is 0 Å². The van der Waals surface area contributed by atoms with E-state index in [9.17, 15) is 4.79 Å². The smallest absolute Gasteiger partial charge is 0.409 e. The Bertz CT molecular complexity index is 319. The number of hydrogen-bond donors (Lipinski definition) is 2. The fourth-order valence-electron chi connectivity index (χ4n) is 3.75. The van der Waals surface area contributed by atoms with Gasteiger partial charge < -0.3 is 20.1 Å². The summed E-state index contributed by atoms with van der Waals surface area (Å²) in [7, 11) is 1.43. The van der Waals surface area contributed by atoms with Crippen molar-refractivity contribution in [1.82, 2.24) is 10.2 Å². The molecule has 5 nitrogen and oxygen atoms in total. The molecule has 2 aliphatic rings. The number of likely N-dealkylation sites (tertiary alicyclic amines) is 1. The normalized spacial score (nSPS) is 27.6. The minimum atomic E-state index is -0.248. The molecular weight excluding hydrogens is 268 g/mol. The van der Waals surface area contributed by atoms with Gasteiger partial charge in [-0.1, -0.05) is 19.3 Å². The predicted octanol–water partition coefficient (Wildman–Crippen LogP) is 2.00. The molecule has 1 aliphatic carbocycles. The number of methoxy groups -OCH3 is 1. The number of aliphatic hydroxyl groups excluding tert-OH is 1. The van der Waals surface area contributed by atoms with E-state index in [-0.39, 0.29) is 12.7 Å². The van der Waals surface area contributed by atoms with Crippen molar-refractivity contribution in [3.8, 4) is 0 Å². The summed E-state index contributed by atoms with van der Waals surface area (Å²) in [5.74, 6) is 1.16. The van der Waals surface area contributed by atoms with Crippen LogP contribution in [-0.4, -0.2) is 55.5 Å². The van der Waals surface area contributed by atoms with E-state index in [4.69, 9.17) is 9.84 Å². The van der Waals surface area contributed by atoms with Gasteiger partial charge in [0, 0.05) is 25.7 Å². The van der Waals surface area contributed by atoms with Gasteiger partial charge in [-0.15, -0.1) is 0 Å². The standard InChI is InChI=1S/C16H30N2O3/c1-21-16(20)18-11-14(7-8-19)9-15(12-18)17-10-13-5-3-2-4-6-13/h13-15,17,19H,2-12H2,1H3. The fraction of sp³-hybridized carbons (Fsp3) is 0.938. The zero-order valence-electron chi connectivity index (χ0n) is 13.2. The molecule has 0 radical (unpaired) electrons. The second-order valence-corrected chi connectivity index (χ2v) is 6.60. The summed E-state index contributed by atoms with van der Waals surface area (Å²) in [6, 6.07) is 0.330. The van der Waals surface area contributed by atoms with Gasteiger partial charge in [-0.05, 0) is 44.1 Å². The van der Waals surface area contributed by atoms with Crippen LogP contribution >= 0.6 is 0 Å². The van der Waals surface area contributed by atoms with Crippen molar-refractivity contribution in [2.75, 3.05) is 33.4 Å². The Hall–Kier alpha value is -0.810. The lowest BCUT2D eigenvalue weighted by atomic mass is 9.88. The number of nitrogens with zero attached hydrogens (tertiary/aromatic N) is 1. The number of amides is 1. The number of rotatable bonds is 5.